The zero-order valence-electron chi connectivity index (χ0n) is 8.28. The van der Waals surface area contributed by atoms with Gasteiger partial charge in [-0.15, -0.1) is 12.4 Å². The van der Waals surface area contributed by atoms with Crippen LogP contribution in [0.15, 0.2) is 29.4 Å². The maximum atomic E-state index is 10.5. The van der Waals surface area contributed by atoms with Crippen molar-refractivity contribution in [1.29, 1.82) is 0 Å². The van der Waals surface area contributed by atoms with Crippen molar-refractivity contribution in [2.75, 3.05) is 0 Å². The van der Waals surface area contributed by atoms with E-state index in [4.69, 9.17) is 16.4 Å². The van der Waals surface area contributed by atoms with Crippen molar-refractivity contribution in [2.24, 2.45) is 10.8 Å². The molecule has 1 atom stereocenters. The van der Waals surface area contributed by atoms with Crippen LogP contribution in [0, 0.1) is 0 Å². The number of halogens is 1. The van der Waals surface area contributed by atoms with Gasteiger partial charge in [0.1, 0.15) is 6.04 Å². The molecule has 1 aromatic rings. The van der Waals surface area contributed by atoms with E-state index < -0.39 is 12.0 Å². The minimum Gasteiger partial charge on any atom is -0.480 e. The molecule has 0 aliphatic carbocycles. The second-order valence-corrected chi connectivity index (χ2v) is 3.00. The number of rotatable bonds is 4. The third kappa shape index (κ3) is 4.18. The van der Waals surface area contributed by atoms with Crippen LogP contribution >= 0.6 is 12.4 Å². The van der Waals surface area contributed by atoms with E-state index in [0.717, 1.165) is 5.56 Å². The van der Waals surface area contributed by atoms with Crippen LogP contribution in [0.1, 0.15) is 5.56 Å². The molecule has 0 bridgehead atoms. The summed E-state index contributed by atoms with van der Waals surface area (Å²) < 4.78 is 0. The predicted molar refractivity (Wildman–Crippen MR) is 61.8 cm³/mol. The second kappa shape index (κ2) is 6.68. The van der Waals surface area contributed by atoms with Crippen molar-refractivity contribution in [1.82, 2.24) is 0 Å². The lowest BCUT2D eigenvalue weighted by atomic mass is 10.1. The quantitative estimate of drug-likeness (QED) is 0.478. The van der Waals surface area contributed by atoms with Crippen molar-refractivity contribution < 1.29 is 9.90 Å². The fraction of sp³-hybridized carbons (Fsp3) is 0.222. The zero-order chi connectivity index (χ0) is 11.3. The summed E-state index contributed by atoms with van der Waals surface area (Å²) in [6.45, 7) is 0. The predicted octanol–water partition coefficient (Wildman–Crippen LogP) is 2.00. The molecule has 0 heterocycles. The number of nitrogens with zero attached hydrogens (tertiary/aromatic N) is 3. The molecule has 1 rings (SSSR count). The first-order chi connectivity index (χ1) is 7.13. The SMILES string of the molecule is Cl.[N-]=[N+]=Nc1ccc(C[C@@H](N)C(=O)O)cc1. The maximum Gasteiger partial charge on any atom is 0.320 e. The number of carboxylic acid groups (broad SMARTS) is 1. The van der Waals surface area contributed by atoms with Crippen molar-refractivity contribution in [3.05, 3.63) is 40.3 Å². The van der Waals surface area contributed by atoms with Crippen molar-refractivity contribution >= 4 is 24.1 Å². The first kappa shape index (κ1) is 14.2. The van der Waals surface area contributed by atoms with Gasteiger partial charge in [-0.25, -0.2) is 0 Å². The van der Waals surface area contributed by atoms with Crippen LogP contribution in [0.2, 0.25) is 0 Å². The van der Waals surface area contributed by atoms with E-state index in [1.165, 1.54) is 0 Å². The summed E-state index contributed by atoms with van der Waals surface area (Å²) in [5.41, 5.74) is 14.8. The minimum absolute atomic E-state index is 0. The molecule has 0 unspecified atom stereocenters. The Labute approximate surface area is 98.1 Å². The number of carboxylic acids is 1. The molecule has 0 aliphatic rings. The molecule has 7 heteroatoms. The highest BCUT2D eigenvalue weighted by molar-refractivity contribution is 5.85. The first-order valence-electron chi connectivity index (χ1n) is 4.26. The molecule has 1 aromatic carbocycles. The van der Waals surface area contributed by atoms with Gasteiger partial charge in [-0.05, 0) is 17.5 Å². The normalized spacial score (nSPS) is 10.8. The second-order valence-electron chi connectivity index (χ2n) is 3.00. The van der Waals surface area contributed by atoms with Gasteiger partial charge in [0, 0.05) is 10.6 Å². The molecule has 3 N–H and O–H groups in total. The maximum absolute atomic E-state index is 10.5. The summed E-state index contributed by atoms with van der Waals surface area (Å²) in [5, 5.41) is 12.0. The average molecular weight is 243 g/mol. The summed E-state index contributed by atoms with van der Waals surface area (Å²) in [4.78, 5) is 13.1. The van der Waals surface area contributed by atoms with Crippen molar-refractivity contribution in [3.8, 4) is 0 Å². The summed E-state index contributed by atoms with van der Waals surface area (Å²) in [5.74, 6) is -1.03. The van der Waals surface area contributed by atoms with E-state index in [1.54, 1.807) is 24.3 Å². The number of hydrogen-bond acceptors (Lipinski definition) is 3. The third-order valence-electron chi connectivity index (χ3n) is 1.87. The van der Waals surface area contributed by atoms with Gasteiger partial charge in [0.15, 0.2) is 0 Å². The highest BCUT2D eigenvalue weighted by Crippen LogP contribution is 2.13. The molecular weight excluding hydrogens is 232 g/mol. The Balaban J connectivity index is 0.00000225. The Kier molecular flexibility index (Phi) is 5.95. The van der Waals surface area contributed by atoms with E-state index in [9.17, 15) is 4.79 Å². The minimum atomic E-state index is -1.03. The zero-order valence-corrected chi connectivity index (χ0v) is 9.09. The molecule has 16 heavy (non-hydrogen) atoms. The van der Waals surface area contributed by atoms with Crippen molar-refractivity contribution in [2.45, 2.75) is 12.5 Å². The summed E-state index contributed by atoms with van der Waals surface area (Å²) >= 11 is 0. The number of hydrogen-bond donors (Lipinski definition) is 2. The number of aliphatic carboxylic acids is 1. The molecule has 6 nitrogen and oxygen atoms in total. The largest absolute Gasteiger partial charge is 0.480 e. The average Bonchev–Trinajstić information content (AvgIpc) is 2.21. The molecule has 0 saturated carbocycles. The van der Waals surface area contributed by atoms with E-state index in [2.05, 4.69) is 10.0 Å². The number of carbonyl (C=O) groups is 1. The van der Waals surface area contributed by atoms with E-state index >= 15 is 0 Å². The Bertz CT molecular complexity index is 400. The molecule has 0 aliphatic heterocycles. The van der Waals surface area contributed by atoms with Gasteiger partial charge >= 0.3 is 5.97 Å². The molecule has 0 amide bonds. The van der Waals surface area contributed by atoms with Gasteiger partial charge in [-0.1, -0.05) is 29.4 Å². The lowest BCUT2D eigenvalue weighted by Crippen LogP contribution is -2.32. The van der Waals surface area contributed by atoms with E-state index in [1.807, 2.05) is 0 Å². The Morgan fingerprint density at radius 3 is 2.50 bits per heavy atom. The highest BCUT2D eigenvalue weighted by Gasteiger charge is 2.11. The van der Waals surface area contributed by atoms with Crippen LogP contribution in [0.3, 0.4) is 0 Å². The summed E-state index contributed by atoms with van der Waals surface area (Å²) in [7, 11) is 0. The van der Waals surface area contributed by atoms with Gasteiger partial charge in [0.2, 0.25) is 0 Å². The highest BCUT2D eigenvalue weighted by atomic mass is 35.5. The van der Waals surface area contributed by atoms with Gasteiger partial charge in [0.25, 0.3) is 0 Å². The van der Waals surface area contributed by atoms with Gasteiger partial charge in [-0.2, -0.15) is 0 Å². The Hall–Kier alpha value is -1.75. The van der Waals surface area contributed by atoms with Gasteiger partial charge < -0.3 is 10.8 Å². The molecule has 0 spiro atoms. The summed E-state index contributed by atoms with van der Waals surface area (Å²) in [6.07, 6.45) is 0.256. The Morgan fingerprint density at radius 1 is 1.50 bits per heavy atom. The number of azide groups is 1. The first-order valence-corrected chi connectivity index (χ1v) is 4.26. The lowest BCUT2D eigenvalue weighted by molar-refractivity contribution is -0.138. The molecule has 0 radical (unpaired) electrons. The summed E-state index contributed by atoms with van der Waals surface area (Å²) in [6, 6.07) is 5.70. The third-order valence-corrected chi connectivity index (χ3v) is 1.87. The molecule has 86 valence electrons. The van der Waals surface area contributed by atoms with Crippen molar-refractivity contribution in [3.63, 3.8) is 0 Å². The van der Waals surface area contributed by atoms with Crippen LogP contribution in [-0.2, 0) is 11.2 Å². The molecule has 0 aromatic heterocycles. The van der Waals surface area contributed by atoms with Crippen LogP contribution in [-0.4, -0.2) is 17.1 Å². The van der Waals surface area contributed by atoms with Gasteiger partial charge in [0.05, 0.1) is 0 Å². The van der Waals surface area contributed by atoms with Crippen LogP contribution in [0.25, 0.3) is 10.4 Å². The Morgan fingerprint density at radius 2 is 2.06 bits per heavy atom. The topological polar surface area (TPSA) is 112 Å². The molecule has 0 saturated heterocycles. The fourth-order valence-corrected chi connectivity index (χ4v) is 1.09. The van der Waals surface area contributed by atoms with E-state index in [-0.39, 0.29) is 18.8 Å². The standard InChI is InChI=1S/C9H10N4O2.ClH/c10-8(9(14)15)5-6-1-3-7(4-2-6)12-13-11;/h1-4,8H,5,10H2,(H,14,15);1H/t8-;/m1./s1. The molecular formula is C9H11ClN4O2. The smallest absolute Gasteiger partial charge is 0.320 e. The van der Waals surface area contributed by atoms with Crippen LogP contribution < -0.4 is 5.73 Å². The van der Waals surface area contributed by atoms with Gasteiger partial charge in [-0.3, -0.25) is 4.79 Å². The monoisotopic (exact) mass is 242 g/mol. The fourth-order valence-electron chi connectivity index (χ4n) is 1.09. The number of nitrogens with two attached hydrogens (primary N) is 1. The van der Waals surface area contributed by atoms with E-state index in [0.29, 0.717) is 5.69 Å². The lowest BCUT2D eigenvalue weighted by Gasteiger charge is -2.05. The van der Waals surface area contributed by atoms with Crippen LogP contribution in [0.4, 0.5) is 5.69 Å². The molecule has 0 fully saturated rings. The van der Waals surface area contributed by atoms with Crippen LogP contribution in [0.5, 0.6) is 0 Å². The number of benzene rings is 1.